The summed E-state index contributed by atoms with van der Waals surface area (Å²) >= 11 is 6.89. The number of pyridine rings is 1. The molecule has 1 saturated heterocycles. The van der Waals surface area contributed by atoms with E-state index in [0.717, 1.165) is 0 Å². The van der Waals surface area contributed by atoms with Crippen molar-refractivity contribution in [1.29, 1.82) is 0 Å². The number of hydrogen-bond donors (Lipinski definition) is 1. The number of rotatable bonds is 6. The molecule has 0 saturated carbocycles. The minimum Gasteiger partial charge on any atom is -0.503 e. The van der Waals surface area contributed by atoms with Crippen LogP contribution >= 0.6 is 22.9 Å². The van der Waals surface area contributed by atoms with Gasteiger partial charge >= 0.3 is 0 Å². The molecule has 2 aromatic rings. The van der Waals surface area contributed by atoms with Crippen molar-refractivity contribution < 1.29 is 19.0 Å². The summed E-state index contributed by atoms with van der Waals surface area (Å²) in [4.78, 5) is 27.5. The molecule has 0 aliphatic carbocycles. The Morgan fingerprint density at radius 2 is 2.24 bits per heavy atom. The van der Waals surface area contributed by atoms with E-state index in [4.69, 9.17) is 16.3 Å². The maximum atomic E-state index is 13.0. The lowest BCUT2D eigenvalue weighted by Gasteiger charge is -2.44. The van der Waals surface area contributed by atoms with E-state index >= 15 is 0 Å². The number of alkyl halides is 1. The molecular weight excluding hydrogens is 471 g/mol. The summed E-state index contributed by atoms with van der Waals surface area (Å²) in [6, 6.07) is -0.0376. The van der Waals surface area contributed by atoms with Gasteiger partial charge in [0.25, 0.3) is 5.91 Å². The van der Waals surface area contributed by atoms with Gasteiger partial charge in [-0.15, -0.1) is 10.2 Å². The highest BCUT2D eigenvalue weighted by molar-refractivity contribution is 7.14. The molecule has 176 valence electrons. The molecule has 2 aliphatic heterocycles. The summed E-state index contributed by atoms with van der Waals surface area (Å²) < 4.78 is 19.7. The Hall–Kier alpha value is -2.56. The number of amides is 1. The fraction of sp³-hybridized carbons (Fsp3) is 0.455. The van der Waals surface area contributed by atoms with Gasteiger partial charge < -0.3 is 19.3 Å². The summed E-state index contributed by atoms with van der Waals surface area (Å²) in [5.41, 5.74) is -0.493. The predicted molar refractivity (Wildman–Crippen MR) is 123 cm³/mol. The predicted octanol–water partition coefficient (Wildman–Crippen LogP) is 3.49. The van der Waals surface area contributed by atoms with Crippen LogP contribution in [0.2, 0.25) is 0 Å². The number of halogens is 2. The van der Waals surface area contributed by atoms with Gasteiger partial charge in [-0.1, -0.05) is 42.0 Å². The molecule has 3 atom stereocenters. The van der Waals surface area contributed by atoms with Crippen molar-refractivity contribution in [2.24, 2.45) is 5.92 Å². The van der Waals surface area contributed by atoms with Crippen LogP contribution in [-0.2, 0) is 17.7 Å². The Morgan fingerprint density at radius 3 is 3.00 bits per heavy atom. The van der Waals surface area contributed by atoms with E-state index in [1.54, 1.807) is 21.7 Å². The maximum Gasteiger partial charge on any atom is 0.276 e. The number of ether oxygens (including phenoxy) is 1. The summed E-state index contributed by atoms with van der Waals surface area (Å²) in [5.74, 6) is -0.920. The van der Waals surface area contributed by atoms with Gasteiger partial charge in [0.2, 0.25) is 5.43 Å². The lowest BCUT2D eigenvalue weighted by Crippen LogP contribution is -2.56. The van der Waals surface area contributed by atoms with Crippen LogP contribution < -0.4 is 5.43 Å². The van der Waals surface area contributed by atoms with Crippen LogP contribution in [0.1, 0.15) is 35.8 Å². The van der Waals surface area contributed by atoms with Gasteiger partial charge in [0.1, 0.15) is 11.7 Å². The molecule has 1 N–H and O–H groups in total. The SMILES string of the molecule is CC(/C=C\C=C(\Cl)CF)Cc1nnc(-c2cn3c(c(O)c2=O)C(=O)N2[C@@H](C)CCO[C@@H]2C3)s1. The Morgan fingerprint density at radius 1 is 1.45 bits per heavy atom. The summed E-state index contributed by atoms with van der Waals surface area (Å²) in [6.07, 6.45) is 7.44. The molecule has 0 bridgehead atoms. The molecule has 1 fully saturated rings. The second-order valence-corrected chi connectivity index (χ2v) is 9.76. The molecule has 33 heavy (non-hydrogen) atoms. The van der Waals surface area contributed by atoms with Crippen LogP contribution in [0.15, 0.2) is 34.3 Å². The second-order valence-electron chi connectivity index (χ2n) is 8.21. The van der Waals surface area contributed by atoms with Crippen LogP contribution in [0.25, 0.3) is 10.6 Å². The van der Waals surface area contributed by atoms with Crippen molar-refractivity contribution in [3.8, 4) is 16.3 Å². The number of fused-ring (bicyclic) bond motifs is 2. The minimum absolute atomic E-state index is 0.0270. The van der Waals surface area contributed by atoms with E-state index in [9.17, 15) is 19.1 Å². The quantitative estimate of drug-likeness (QED) is 0.617. The van der Waals surface area contributed by atoms with Crippen molar-refractivity contribution in [2.45, 2.75) is 45.5 Å². The zero-order chi connectivity index (χ0) is 23.7. The van der Waals surface area contributed by atoms with Crippen molar-refractivity contribution in [2.75, 3.05) is 13.3 Å². The van der Waals surface area contributed by atoms with Crippen molar-refractivity contribution >= 4 is 28.8 Å². The molecule has 1 amide bonds. The highest BCUT2D eigenvalue weighted by Crippen LogP contribution is 2.32. The first-order valence-electron chi connectivity index (χ1n) is 10.6. The van der Waals surface area contributed by atoms with Gasteiger partial charge in [0.05, 0.1) is 18.7 Å². The van der Waals surface area contributed by atoms with Gasteiger partial charge in [-0.05, 0) is 25.3 Å². The Labute approximate surface area is 199 Å². The van der Waals surface area contributed by atoms with Gasteiger partial charge in [-0.3, -0.25) is 9.59 Å². The van der Waals surface area contributed by atoms with Gasteiger partial charge in [-0.2, -0.15) is 0 Å². The lowest BCUT2D eigenvalue weighted by atomic mass is 10.1. The molecular formula is C22H24ClFN4O4S. The zero-order valence-corrected chi connectivity index (χ0v) is 19.8. The van der Waals surface area contributed by atoms with Crippen LogP contribution in [-0.4, -0.2) is 56.2 Å². The molecule has 2 aliphatic rings. The van der Waals surface area contributed by atoms with E-state index in [0.29, 0.717) is 36.0 Å². The second kappa shape index (κ2) is 9.74. The number of carbonyl (C=O) groups is 1. The van der Waals surface area contributed by atoms with Gasteiger partial charge in [0, 0.05) is 23.7 Å². The first-order valence-corrected chi connectivity index (χ1v) is 11.8. The fourth-order valence-electron chi connectivity index (χ4n) is 3.99. The van der Waals surface area contributed by atoms with Crippen LogP contribution in [0, 0.1) is 5.92 Å². The summed E-state index contributed by atoms with van der Waals surface area (Å²) in [5, 5.41) is 20.1. The smallest absolute Gasteiger partial charge is 0.276 e. The van der Waals surface area contributed by atoms with Crippen LogP contribution in [0.3, 0.4) is 0 Å². The number of aromatic hydroxyl groups is 1. The normalized spacial score (nSPS) is 21.9. The molecule has 1 unspecified atom stereocenters. The third kappa shape index (κ3) is 4.73. The number of carbonyl (C=O) groups excluding carboxylic acids is 1. The Kier molecular flexibility index (Phi) is 6.96. The Balaban J connectivity index is 1.59. The first-order chi connectivity index (χ1) is 15.8. The van der Waals surface area contributed by atoms with E-state index < -0.39 is 30.0 Å². The monoisotopic (exact) mass is 494 g/mol. The number of allylic oxidation sites excluding steroid dienone is 4. The van der Waals surface area contributed by atoms with E-state index in [1.165, 1.54) is 17.4 Å². The van der Waals surface area contributed by atoms with Crippen LogP contribution in [0.5, 0.6) is 5.75 Å². The van der Waals surface area contributed by atoms with Crippen molar-refractivity contribution in [3.63, 3.8) is 0 Å². The first kappa shape index (κ1) is 23.6. The average Bonchev–Trinajstić information content (AvgIpc) is 3.23. The fourth-order valence-corrected chi connectivity index (χ4v) is 5.05. The molecule has 0 spiro atoms. The third-order valence-electron chi connectivity index (χ3n) is 5.72. The van der Waals surface area contributed by atoms with Crippen molar-refractivity contribution in [1.82, 2.24) is 19.7 Å². The minimum atomic E-state index is -0.710. The number of hydrogen-bond acceptors (Lipinski definition) is 7. The number of aromatic nitrogens is 3. The molecule has 2 aromatic heterocycles. The maximum absolute atomic E-state index is 13.0. The molecule has 4 rings (SSSR count). The topological polar surface area (TPSA) is 97.5 Å². The molecule has 8 nitrogen and oxygen atoms in total. The standard InChI is InChI=1S/C22H24ClFN4O4S/c1-12(4-3-5-14(23)9-24)8-16-25-26-21(33-16)15-10-27-11-17-28(13(2)6-7-32-17)22(31)18(27)20(30)19(15)29/h3-5,10,12-13,17,30H,6-9,11H2,1-2H3/b4-3-,14-5+/t12?,13-,17+/m0/s1. The lowest BCUT2D eigenvalue weighted by molar-refractivity contribution is -0.112. The highest BCUT2D eigenvalue weighted by Gasteiger charge is 2.40. The van der Waals surface area contributed by atoms with Gasteiger partial charge in [-0.25, -0.2) is 4.39 Å². The molecule has 11 heteroatoms. The zero-order valence-electron chi connectivity index (χ0n) is 18.2. The third-order valence-corrected chi connectivity index (χ3v) is 6.92. The molecule has 0 radical (unpaired) electrons. The molecule has 0 aromatic carbocycles. The van der Waals surface area contributed by atoms with E-state index in [-0.39, 0.29) is 28.2 Å². The van der Waals surface area contributed by atoms with Crippen LogP contribution in [0.4, 0.5) is 4.39 Å². The Bertz CT molecular complexity index is 1180. The number of nitrogens with zero attached hydrogens (tertiary/aromatic N) is 4. The summed E-state index contributed by atoms with van der Waals surface area (Å²) in [7, 11) is 0. The largest absolute Gasteiger partial charge is 0.503 e. The van der Waals surface area contributed by atoms with E-state index in [2.05, 4.69) is 10.2 Å². The van der Waals surface area contributed by atoms with E-state index in [1.807, 2.05) is 19.9 Å². The molecule has 4 heterocycles. The van der Waals surface area contributed by atoms with Gasteiger partial charge in [0.15, 0.2) is 22.7 Å². The van der Waals surface area contributed by atoms with Crippen molar-refractivity contribution in [3.05, 3.63) is 50.4 Å². The summed E-state index contributed by atoms with van der Waals surface area (Å²) in [6.45, 7) is 4.05. The average molecular weight is 495 g/mol. The highest BCUT2D eigenvalue weighted by atomic mass is 35.5.